The average Bonchev–Trinajstić information content (AvgIpc) is 3.16. The summed E-state index contributed by atoms with van der Waals surface area (Å²) in [4.78, 5) is 53.1. The van der Waals surface area contributed by atoms with Crippen LogP contribution in [-0.4, -0.2) is 89.5 Å². The number of aliphatic hydroxyl groups excluding tert-OH is 1. The second kappa shape index (κ2) is 17.4. The zero-order valence-electron chi connectivity index (χ0n) is 23.5. The Morgan fingerprint density at radius 1 is 1.14 bits per heavy atom. The third kappa shape index (κ3) is 14.4. The first-order valence-electron chi connectivity index (χ1n) is 11.9. The summed E-state index contributed by atoms with van der Waals surface area (Å²) in [6.07, 6.45) is -4.61. The highest BCUT2D eigenvalue weighted by atomic mass is 33.1. The van der Waals surface area contributed by atoms with Crippen molar-refractivity contribution in [2.24, 2.45) is 0 Å². The van der Waals surface area contributed by atoms with Crippen LogP contribution >= 0.6 is 66.5 Å². The van der Waals surface area contributed by atoms with Gasteiger partial charge in [0, 0.05) is 10.9 Å². The van der Waals surface area contributed by atoms with Crippen molar-refractivity contribution in [1.82, 2.24) is 9.55 Å². The van der Waals surface area contributed by atoms with Gasteiger partial charge in [-0.3, -0.25) is 9.09 Å². The maximum absolute atomic E-state index is 12.7. The van der Waals surface area contributed by atoms with Crippen LogP contribution in [0.1, 0.15) is 32.6 Å². The Kier molecular flexibility index (Phi) is 15.9. The van der Waals surface area contributed by atoms with Gasteiger partial charge in [0.25, 0.3) is 0 Å². The van der Waals surface area contributed by atoms with Gasteiger partial charge in [-0.1, -0.05) is 65.0 Å². The van der Waals surface area contributed by atoms with Gasteiger partial charge in [0.15, 0.2) is 13.4 Å². The van der Waals surface area contributed by atoms with Gasteiger partial charge < -0.3 is 44.6 Å². The van der Waals surface area contributed by atoms with Crippen molar-refractivity contribution in [3.8, 4) is 11.8 Å². The standard InChI is InChI=1S/C18H31BN3O15P3S4/c1-18(2,3)43-41-10-33-14-12(8-34-39(28,29)37-40(30,31)36-38(25,26)27)35-16(13(14)23)22-7-11(15(20)21-17(22)24)5-4-6-32-9-42-44-19/h7,12-14,16,23H,6,8-10,19H2,1-3H3,(H,28,29)(H,30,31)(H2,20,21,24)(H2,25,26,27). The van der Waals surface area contributed by atoms with E-state index in [2.05, 4.69) is 30.0 Å². The van der Waals surface area contributed by atoms with Crippen molar-refractivity contribution in [2.75, 3.05) is 30.8 Å². The van der Waals surface area contributed by atoms with E-state index >= 15 is 0 Å². The number of hydrogen-bond acceptors (Lipinski definition) is 17. The molecule has 0 aromatic carbocycles. The fourth-order valence-electron chi connectivity index (χ4n) is 3.13. The number of anilines is 1. The molecule has 0 aliphatic carbocycles. The molecule has 2 rings (SSSR count). The zero-order chi connectivity index (χ0) is 33.3. The Hall–Kier alpha value is -0.0451. The van der Waals surface area contributed by atoms with E-state index in [0.29, 0.717) is 5.94 Å². The van der Waals surface area contributed by atoms with Crippen LogP contribution in [0.4, 0.5) is 5.82 Å². The molecule has 250 valence electrons. The molecule has 1 aromatic rings. The largest absolute Gasteiger partial charge is 0.490 e. The molecule has 1 fully saturated rings. The number of phosphoric ester groups is 1. The van der Waals surface area contributed by atoms with Gasteiger partial charge in [-0.2, -0.15) is 24.3 Å². The number of phosphoric acid groups is 3. The first kappa shape index (κ1) is 40.1. The van der Waals surface area contributed by atoms with Gasteiger partial charge in [-0.15, -0.1) is 0 Å². The summed E-state index contributed by atoms with van der Waals surface area (Å²) in [5.74, 6) is 5.61. The minimum absolute atomic E-state index is 0.0219. The van der Waals surface area contributed by atoms with Crippen LogP contribution in [-0.2, 0) is 41.1 Å². The molecule has 1 aromatic heterocycles. The third-order valence-corrected chi connectivity index (χ3v) is 12.9. The van der Waals surface area contributed by atoms with Crippen LogP contribution in [0.25, 0.3) is 0 Å². The van der Waals surface area contributed by atoms with E-state index in [4.69, 9.17) is 29.7 Å². The Bertz CT molecular complexity index is 1390. The SMILES string of the molecule is BSSCOCC#Cc1cn(C2OC(COP(=O)(O)OP(=O)(O)OP(=O)(O)O)C(OCSSC(C)(C)C)C2O)c(=O)nc1N. The lowest BCUT2D eigenvalue weighted by molar-refractivity contribution is -0.0566. The second-order valence-electron chi connectivity index (χ2n) is 9.29. The Balaban J connectivity index is 2.27. The molecule has 1 aliphatic heterocycles. The molecule has 0 spiro atoms. The van der Waals surface area contributed by atoms with Crippen LogP contribution < -0.4 is 11.4 Å². The number of ether oxygens (including phenoxy) is 3. The van der Waals surface area contributed by atoms with Crippen LogP contribution in [0.2, 0.25) is 0 Å². The predicted octanol–water partition coefficient (Wildman–Crippen LogP) is 1.20. The molecule has 6 atom stereocenters. The van der Waals surface area contributed by atoms with Crippen molar-refractivity contribution in [3.63, 3.8) is 0 Å². The van der Waals surface area contributed by atoms with Gasteiger partial charge in [-0.05, 0) is 0 Å². The van der Waals surface area contributed by atoms with E-state index in [-0.39, 0.29) is 28.7 Å². The molecule has 0 saturated carbocycles. The lowest BCUT2D eigenvalue weighted by Gasteiger charge is -2.23. The molecule has 0 radical (unpaired) electrons. The molecule has 26 heteroatoms. The van der Waals surface area contributed by atoms with E-state index < -0.39 is 60.3 Å². The van der Waals surface area contributed by atoms with Crippen molar-refractivity contribution in [1.29, 1.82) is 0 Å². The van der Waals surface area contributed by atoms with Crippen LogP contribution in [0, 0.1) is 11.8 Å². The molecule has 1 saturated heterocycles. The highest BCUT2D eigenvalue weighted by Gasteiger charge is 2.48. The number of nitrogens with zero attached hydrogens (tertiary/aromatic N) is 2. The monoisotopic (exact) mass is 761 g/mol. The van der Waals surface area contributed by atoms with Crippen molar-refractivity contribution in [2.45, 2.75) is 50.1 Å². The van der Waals surface area contributed by atoms with E-state index in [0.717, 1.165) is 4.57 Å². The molecule has 2 heterocycles. The topological polar surface area (TPSA) is 269 Å². The highest BCUT2D eigenvalue weighted by Crippen LogP contribution is 2.66. The molecule has 7 N–H and O–H groups in total. The van der Waals surface area contributed by atoms with Gasteiger partial charge in [-0.25, -0.2) is 18.5 Å². The molecule has 6 unspecified atom stereocenters. The summed E-state index contributed by atoms with van der Waals surface area (Å²) >= 11 is 0. The molecule has 44 heavy (non-hydrogen) atoms. The van der Waals surface area contributed by atoms with Gasteiger partial charge in [0.05, 0.1) is 12.2 Å². The van der Waals surface area contributed by atoms with Crippen LogP contribution in [0.5, 0.6) is 0 Å². The fraction of sp³-hybridized carbons (Fsp3) is 0.667. The minimum atomic E-state index is -5.77. The Labute approximate surface area is 268 Å². The normalized spacial score (nSPS) is 23.5. The van der Waals surface area contributed by atoms with Crippen LogP contribution in [0.3, 0.4) is 0 Å². The van der Waals surface area contributed by atoms with E-state index in [9.17, 15) is 33.4 Å². The number of aromatic nitrogens is 2. The lowest BCUT2D eigenvalue weighted by Crippen LogP contribution is -2.38. The summed E-state index contributed by atoms with van der Waals surface area (Å²) in [5, 5.41) is 11.1. The molecule has 18 nitrogen and oxygen atoms in total. The first-order valence-corrected chi connectivity index (χ1v) is 21.5. The third-order valence-electron chi connectivity index (χ3n) is 4.65. The first-order chi connectivity index (χ1) is 20.2. The van der Waals surface area contributed by atoms with E-state index in [1.807, 2.05) is 27.9 Å². The van der Waals surface area contributed by atoms with Crippen LogP contribution in [0.15, 0.2) is 11.0 Å². The van der Waals surface area contributed by atoms with E-state index in [1.54, 1.807) is 0 Å². The minimum Gasteiger partial charge on any atom is -0.386 e. The van der Waals surface area contributed by atoms with Crippen molar-refractivity contribution < 1.29 is 65.7 Å². The number of nitrogens with two attached hydrogens (primary N) is 1. The molecular formula is C18H31BN3O15P3S4. The number of nitrogen functional groups attached to an aromatic ring is 1. The number of rotatable bonds is 16. The van der Waals surface area contributed by atoms with E-state index in [1.165, 1.54) is 49.2 Å². The van der Waals surface area contributed by atoms with Gasteiger partial charge in [0.1, 0.15) is 42.6 Å². The van der Waals surface area contributed by atoms with Crippen molar-refractivity contribution in [3.05, 3.63) is 22.2 Å². The zero-order valence-corrected chi connectivity index (χ0v) is 29.4. The fourth-order valence-corrected chi connectivity index (χ4v) is 8.89. The quantitative estimate of drug-likeness (QED) is 0.0345. The maximum Gasteiger partial charge on any atom is 0.490 e. The number of hydrogen-bond donors (Lipinski definition) is 6. The average molecular weight is 761 g/mol. The summed E-state index contributed by atoms with van der Waals surface area (Å²) < 4.78 is 64.4. The van der Waals surface area contributed by atoms with Gasteiger partial charge >= 0.3 is 29.2 Å². The van der Waals surface area contributed by atoms with Crippen molar-refractivity contribution >= 4 is 79.4 Å². The summed E-state index contributed by atoms with van der Waals surface area (Å²) in [7, 11) is -9.31. The van der Waals surface area contributed by atoms with Gasteiger partial charge in [0.2, 0.25) is 0 Å². The molecule has 0 bridgehead atoms. The highest BCUT2D eigenvalue weighted by molar-refractivity contribution is 8.84. The Morgan fingerprint density at radius 2 is 1.82 bits per heavy atom. The summed E-state index contributed by atoms with van der Waals surface area (Å²) in [6.45, 7) is 4.98. The number of aliphatic hydroxyl groups is 1. The summed E-state index contributed by atoms with van der Waals surface area (Å²) in [6, 6.07) is 0. The Morgan fingerprint density at radius 3 is 2.43 bits per heavy atom. The predicted molar refractivity (Wildman–Crippen MR) is 169 cm³/mol. The smallest absolute Gasteiger partial charge is 0.386 e. The summed E-state index contributed by atoms with van der Waals surface area (Å²) in [5.41, 5.74) is 5.01. The maximum atomic E-state index is 12.7. The second-order valence-corrected chi connectivity index (χ2v) is 19.3. The molecule has 1 aliphatic rings. The lowest BCUT2D eigenvalue weighted by atomic mass is 10.1. The molecular weight excluding hydrogens is 730 g/mol. The molecule has 0 amide bonds.